The number of nitrogens with one attached hydrogen (secondary N) is 1. The lowest BCUT2D eigenvalue weighted by Crippen LogP contribution is -2.39. The summed E-state index contributed by atoms with van der Waals surface area (Å²) >= 11 is 0. The van der Waals surface area contributed by atoms with Crippen LogP contribution in [0.25, 0.3) is 0 Å². The predicted molar refractivity (Wildman–Crippen MR) is 83.6 cm³/mol. The third-order valence-electron chi connectivity index (χ3n) is 4.07. The number of piperidine rings is 1. The van der Waals surface area contributed by atoms with E-state index in [2.05, 4.69) is 5.32 Å². The number of benzene rings is 1. The molecule has 0 bridgehead atoms. The molecule has 2 atom stereocenters. The number of rotatable bonds is 7. The van der Waals surface area contributed by atoms with E-state index in [-0.39, 0.29) is 0 Å². The van der Waals surface area contributed by atoms with Gasteiger partial charge < -0.3 is 19.9 Å². The molecule has 2 N–H and O–H groups in total. The average molecular weight is 293 g/mol. The Morgan fingerprint density at radius 3 is 2.81 bits per heavy atom. The van der Waals surface area contributed by atoms with Gasteiger partial charge in [-0.25, -0.2) is 0 Å². The third kappa shape index (κ3) is 4.70. The van der Waals surface area contributed by atoms with E-state index in [9.17, 15) is 5.11 Å². The van der Waals surface area contributed by atoms with Crippen LogP contribution < -0.4 is 10.1 Å². The van der Waals surface area contributed by atoms with Crippen LogP contribution >= 0.6 is 0 Å². The Kier molecular flexibility index (Phi) is 6.03. The Bertz CT molecular complexity index is 428. The van der Waals surface area contributed by atoms with Crippen molar-refractivity contribution in [3.05, 3.63) is 29.8 Å². The molecule has 1 aliphatic rings. The van der Waals surface area contributed by atoms with Gasteiger partial charge >= 0.3 is 0 Å². The zero-order valence-electron chi connectivity index (χ0n) is 13.1. The Balaban J connectivity index is 2.06. The summed E-state index contributed by atoms with van der Waals surface area (Å²) in [4.78, 5) is 0. The van der Waals surface area contributed by atoms with Crippen molar-refractivity contribution in [2.45, 2.75) is 44.2 Å². The second-order valence-corrected chi connectivity index (χ2v) is 5.96. The van der Waals surface area contributed by atoms with E-state index < -0.39 is 5.60 Å². The van der Waals surface area contributed by atoms with E-state index in [1.165, 1.54) is 12.8 Å². The monoisotopic (exact) mass is 293 g/mol. The highest BCUT2D eigenvalue weighted by Crippen LogP contribution is 2.34. The van der Waals surface area contributed by atoms with Crippen molar-refractivity contribution < 1.29 is 14.6 Å². The lowest BCUT2D eigenvalue weighted by atomic mass is 9.86. The van der Waals surface area contributed by atoms with Crippen LogP contribution in [0.3, 0.4) is 0 Å². The molecule has 0 aliphatic carbocycles. The molecule has 1 heterocycles. The summed E-state index contributed by atoms with van der Waals surface area (Å²) in [5, 5.41) is 14.4. The Morgan fingerprint density at radius 2 is 2.10 bits per heavy atom. The summed E-state index contributed by atoms with van der Waals surface area (Å²) in [5.74, 6) is 0.746. The molecule has 0 amide bonds. The summed E-state index contributed by atoms with van der Waals surface area (Å²) < 4.78 is 10.8. The summed E-state index contributed by atoms with van der Waals surface area (Å²) in [6.07, 6.45) is 4.30. The van der Waals surface area contributed by atoms with E-state index in [4.69, 9.17) is 9.47 Å². The molecule has 2 unspecified atom stereocenters. The van der Waals surface area contributed by atoms with Crippen LogP contribution in [0.4, 0.5) is 0 Å². The minimum absolute atomic E-state index is 0.376. The van der Waals surface area contributed by atoms with Gasteiger partial charge in [0.2, 0.25) is 0 Å². The van der Waals surface area contributed by atoms with Crippen molar-refractivity contribution >= 4 is 0 Å². The van der Waals surface area contributed by atoms with E-state index >= 15 is 0 Å². The van der Waals surface area contributed by atoms with Crippen molar-refractivity contribution in [3.63, 3.8) is 0 Å². The van der Waals surface area contributed by atoms with Crippen molar-refractivity contribution in [2.24, 2.45) is 0 Å². The van der Waals surface area contributed by atoms with Gasteiger partial charge in [0.05, 0.1) is 12.2 Å². The van der Waals surface area contributed by atoms with Gasteiger partial charge in [0.25, 0.3) is 0 Å². The highest BCUT2D eigenvalue weighted by Gasteiger charge is 2.30. The molecular formula is C17H27NO3. The second kappa shape index (κ2) is 7.78. The van der Waals surface area contributed by atoms with Crippen LogP contribution in [0, 0.1) is 0 Å². The molecule has 0 aromatic heterocycles. The maximum atomic E-state index is 10.9. The fourth-order valence-corrected chi connectivity index (χ4v) is 2.96. The fraction of sp³-hybridized carbons (Fsp3) is 0.647. The van der Waals surface area contributed by atoms with E-state index in [0.717, 1.165) is 24.3 Å². The predicted octanol–water partition coefficient (Wildman–Crippen LogP) is 2.45. The Morgan fingerprint density at radius 1 is 1.29 bits per heavy atom. The van der Waals surface area contributed by atoms with Gasteiger partial charge in [-0.15, -0.1) is 0 Å². The normalized spacial score (nSPS) is 21.8. The molecule has 0 spiro atoms. The topological polar surface area (TPSA) is 50.7 Å². The quantitative estimate of drug-likeness (QED) is 0.758. The largest absolute Gasteiger partial charge is 0.491 e. The number of ether oxygens (including phenoxy) is 2. The summed E-state index contributed by atoms with van der Waals surface area (Å²) in [6.45, 7) is 3.96. The van der Waals surface area contributed by atoms with Crippen LogP contribution in [0.2, 0.25) is 0 Å². The molecule has 4 heteroatoms. The lowest BCUT2D eigenvalue weighted by molar-refractivity contribution is 0.0296. The Hall–Kier alpha value is -1.10. The maximum Gasteiger partial charge on any atom is 0.125 e. The molecule has 1 aromatic carbocycles. The van der Waals surface area contributed by atoms with Gasteiger partial charge in [-0.05, 0) is 38.8 Å². The van der Waals surface area contributed by atoms with Gasteiger partial charge in [-0.1, -0.05) is 24.6 Å². The van der Waals surface area contributed by atoms with Gasteiger partial charge in [-0.3, -0.25) is 0 Å². The molecule has 4 nitrogen and oxygen atoms in total. The number of para-hydroxylation sites is 1. The maximum absolute atomic E-state index is 10.9. The first-order chi connectivity index (χ1) is 10.1. The molecule has 2 rings (SSSR count). The summed E-state index contributed by atoms with van der Waals surface area (Å²) in [5.41, 5.74) is -0.0351. The van der Waals surface area contributed by atoms with Gasteiger partial charge in [0, 0.05) is 18.7 Å². The standard InChI is InChI=1S/C17H27NO3/c1-17(19,13-14-7-5-6-10-18-14)15-8-3-4-9-16(15)21-12-11-20-2/h3-4,8-9,14,18-19H,5-7,10-13H2,1-2H3. The summed E-state index contributed by atoms with van der Waals surface area (Å²) in [6, 6.07) is 8.11. The van der Waals surface area contributed by atoms with Crippen LogP contribution in [0.5, 0.6) is 5.75 Å². The number of aliphatic hydroxyl groups is 1. The van der Waals surface area contributed by atoms with Crippen LogP contribution in [-0.4, -0.2) is 38.0 Å². The van der Waals surface area contributed by atoms with Gasteiger partial charge in [0.1, 0.15) is 12.4 Å². The van der Waals surface area contributed by atoms with Crippen LogP contribution in [0.15, 0.2) is 24.3 Å². The van der Waals surface area contributed by atoms with Crippen molar-refractivity contribution in [2.75, 3.05) is 26.9 Å². The number of hydrogen-bond donors (Lipinski definition) is 2. The van der Waals surface area contributed by atoms with Crippen LogP contribution in [-0.2, 0) is 10.3 Å². The molecule has 0 radical (unpaired) electrons. The highest BCUT2D eigenvalue weighted by molar-refractivity contribution is 5.37. The molecule has 21 heavy (non-hydrogen) atoms. The molecule has 0 saturated carbocycles. The van der Waals surface area contributed by atoms with E-state index in [0.29, 0.717) is 25.7 Å². The zero-order chi connectivity index (χ0) is 15.1. The minimum atomic E-state index is -0.890. The molecule has 1 saturated heterocycles. The smallest absolute Gasteiger partial charge is 0.125 e. The third-order valence-corrected chi connectivity index (χ3v) is 4.07. The number of hydrogen-bond acceptors (Lipinski definition) is 4. The first-order valence-electron chi connectivity index (χ1n) is 7.80. The zero-order valence-corrected chi connectivity index (χ0v) is 13.1. The molecule has 1 fully saturated rings. The van der Waals surface area contributed by atoms with Crippen LogP contribution in [0.1, 0.15) is 38.2 Å². The van der Waals surface area contributed by atoms with Crippen molar-refractivity contribution in [1.29, 1.82) is 0 Å². The first kappa shape index (κ1) is 16.3. The van der Waals surface area contributed by atoms with Crippen molar-refractivity contribution in [1.82, 2.24) is 5.32 Å². The molecule has 1 aromatic rings. The number of methoxy groups -OCH3 is 1. The SMILES string of the molecule is COCCOc1ccccc1C(C)(O)CC1CCCCN1. The first-order valence-corrected chi connectivity index (χ1v) is 7.80. The van der Waals surface area contributed by atoms with Crippen molar-refractivity contribution in [3.8, 4) is 5.75 Å². The molecular weight excluding hydrogens is 266 g/mol. The average Bonchev–Trinajstić information content (AvgIpc) is 2.48. The Labute approximate surface area is 127 Å². The molecule has 1 aliphatic heterocycles. The highest BCUT2D eigenvalue weighted by atomic mass is 16.5. The van der Waals surface area contributed by atoms with E-state index in [1.807, 2.05) is 31.2 Å². The lowest BCUT2D eigenvalue weighted by Gasteiger charge is -2.32. The fourth-order valence-electron chi connectivity index (χ4n) is 2.96. The van der Waals surface area contributed by atoms with E-state index in [1.54, 1.807) is 7.11 Å². The summed E-state index contributed by atoms with van der Waals surface area (Å²) in [7, 11) is 1.65. The molecule has 118 valence electrons. The second-order valence-electron chi connectivity index (χ2n) is 5.96. The minimum Gasteiger partial charge on any atom is -0.491 e. The van der Waals surface area contributed by atoms with Gasteiger partial charge in [0.15, 0.2) is 0 Å². The van der Waals surface area contributed by atoms with Gasteiger partial charge in [-0.2, -0.15) is 0 Å².